The molecule has 3 nitrogen and oxygen atoms in total. The van der Waals surface area contributed by atoms with E-state index in [9.17, 15) is 0 Å². The minimum atomic E-state index is 0.274. The molecule has 0 saturated carbocycles. The Morgan fingerprint density at radius 2 is 1.70 bits per heavy atom. The highest BCUT2D eigenvalue weighted by Crippen LogP contribution is 2.09. The first-order chi connectivity index (χ1) is 9.76. The van der Waals surface area contributed by atoms with Crippen LogP contribution in [0, 0.1) is 0 Å². The first-order valence-corrected chi connectivity index (χ1v) is 8.53. The summed E-state index contributed by atoms with van der Waals surface area (Å²) in [6.07, 6.45) is 17.0. The Morgan fingerprint density at radius 1 is 1.05 bits per heavy atom. The summed E-state index contributed by atoms with van der Waals surface area (Å²) >= 11 is 0. The van der Waals surface area contributed by atoms with Crippen LogP contribution in [0.15, 0.2) is 12.4 Å². The molecule has 0 aromatic carbocycles. The summed E-state index contributed by atoms with van der Waals surface area (Å²) in [4.78, 5) is 0. The number of aromatic nitrogens is 2. The van der Waals surface area contributed by atoms with Gasteiger partial charge in [0.2, 0.25) is 0 Å². The second kappa shape index (κ2) is 10.9. The Hall–Kier alpha value is -0.830. The maximum Gasteiger partial charge on any atom is 0.0522 e. The molecule has 1 unspecified atom stereocenters. The lowest BCUT2D eigenvalue weighted by molar-refractivity contribution is 0.519. The van der Waals surface area contributed by atoms with E-state index in [-0.39, 0.29) is 6.04 Å². The van der Waals surface area contributed by atoms with Gasteiger partial charge in [0.15, 0.2) is 0 Å². The van der Waals surface area contributed by atoms with Gasteiger partial charge in [-0.1, -0.05) is 58.8 Å². The Bertz CT molecular complexity index is 333. The first kappa shape index (κ1) is 17.2. The van der Waals surface area contributed by atoms with Crippen molar-refractivity contribution < 1.29 is 0 Å². The second-order valence-corrected chi connectivity index (χ2v) is 5.96. The van der Waals surface area contributed by atoms with E-state index >= 15 is 0 Å². The number of aryl methyl sites for hydroxylation is 1. The van der Waals surface area contributed by atoms with Gasteiger partial charge in [0.05, 0.1) is 6.20 Å². The summed E-state index contributed by atoms with van der Waals surface area (Å²) in [5.74, 6) is 0. The van der Waals surface area contributed by atoms with Crippen molar-refractivity contribution in [2.75, 3.05) is 0 Å². The van der Waals surface area contributed by atoms with Gasteiger partial charge in [-0.2, -0.15) is 5.10 Å². The number of hydrogen-bond acceptors (Lipinski definition) is 2. The van der Waals surface area contributed by atoms with Crippen LogP contribution in [0.5, 0.6) is 0 Å². The van der Waals surface area contributed by atoms with Crippen molar-refractivity contribution >= 4 is 0 Å². The molecule has 0 aliphatic heterocycles. The lowest BCUT2D eigenvalue weighted by Crippen LogP contribution is -2.21. The van der Waals surface area contributed by atoms with E-state index < -0.39 is 0 Å². The Kier molecular flexibility index (Phi) is 9.38. The normalized spacial score (nSPS) is 12.8. The molecular weight excluding hydrogens is 246 g/mol. The van der Waals surface area contributed by atoms with Crippen molar-refractivity contribution in [1.29, 1.82) is 0 Å². The van der Waals surface area contributed by atoms with Gasteiger partial charge in [-0.15, -0.1) is 0 Å². The summed E-state index contributed by atoms with van der Waals surface area (Å²) in [7, 11) is 0. The van der Waals surface area contributed by atoms with Crippen LogP contribution < -0.4 is 5.73 Å². The zero-order chi connectivity index (χ0) is 14.6. The smallest absolute Gasteiger partial charge is 0.0522 e. The molecule has 0 fully saturated rings. The molecule has 1 aromatic heterocycles. The van der Waals surface area contributed by atoms with Gasteiger partial charge in [0, 0.05) is 18.8 Å². The average Bonchev–Trinajstić information content (AvgIpc) is 2.89. The van der Waals surface area contributed by atoms with Crippen LogP contribution in [-0.4, -0.2) is 15.8 Å². The van der Waals surface area contributed by atoms with E-state index in [1.54, 1.807) is 0 Å². The summed E-state index contributed by atoms with van der Waals surface area (Å²) in [6, 6.07) is 0.274. The number of nitrogens with zero attached hydrogens (tertiary/aromatic N) is 2. The van der Waals surface area contributed by atoms with Crippen LogP contribution in [0.4, 0.5) is 0 Å². The van der Waals surface area contributed by atoms with Crippen LogP contribution in [0.25, 0.3) is 0 Å². The maximum atomic E-state index is 5.97. The molecule has 0 radical (unpaired) electrons. The standard InChI is InChI=1S/C17H33N3/c1-3-5-6-7-8-9-10-11-12-20-15-16(14-19-20)13-17(18)4-2/h14-15,17H,3-13,18H2,1-2H3. The highest BCUT2D eigenvalue weighted by molar-refractivity contribution is 5.05. The Balaban J connectivity index is 2.04. The molecule has 0 spiro atoms. The molecule has 1 heterocycles. The van der Waals surface area contributed by atoms with Crippen LogP contribution in [0.1, 0.15) is 77.2 Å². The molecule has 2 N–H and O–H groups in total. The van der Waals surface area contributed by atoms with Crippen LogP contribution in [0.2, 0.25) is 0 Å². The fourth-order valence-electron chi connectivity index (χ4n) is 2.49. The minimum absolute atomic E-state index is 0.274. The highest BCUT2D eigenvalue weighted by atomic mass is 15.3. The number of rotatable bonds is 12. The topological polar surface area (TPSA) is 43.8 Å². The monoisotopic (exact) mass is 279 g/mol. The van der Waals surface area contributed by atoms with Crippen molar-refractivity contribution in [2.24, 2.45) is 5.73 Å². The van der Waals surface area contributed by atoms with Crippen molar-refractivity contribution in [3.63, 3.8) is 0 Å². The van der Waals surface area contributed by atoms with Gasteiger partial charge in [-0.3, -0.25) is 4.68 Å². The van der Waals surface area contributed by atoms with E-state index in [0.29, 0.717) is 0 Å². The van der Waals surface area contributed by atoms with E-state index in [0.717, 1.165) is 19.4 Å². The van der Waals surface area contributed by atoms with E-state index in [1.807, 2.05) is 6.20 Å². The predicted molar refractivity (Wildman–Crippen MR) is 86.8 cm³/mol. The number of unbranched alkanes of at least 4 members (excludes halogenated alkanes) is 7. The van der Waals surface area contributed by atoms with Crippen molar-refractivity contribution in [3.05, 3.63) is 18.0 Å². The number of hydrogen-bond donors (Lipinski definition) is 1. The van der Waals surface area contributed by atoms with Crippen molar-refractivity contribution in [1.82, 2.24) is 9.78 Å². The van der Waals surface area contributed by atoms with Gasteiger partial charge in [-0.25, -0.2) is 0 Å². The molecule has 0 bridgehead atoms. The van der Waals surface area contributed by atoms with Crippen LogP contribution in [0.3, 0.4) is 0 Å². The van der Waals surface area contributed by atoms with E-state index in [4.69, 9.17) is 5.73 Å². The zero-order valence-electron chi connectivity index (χ0n) is 13.5. The fourth-order valence-corrected chi connectivity index (χ4v) is 2.49. The van der Waals surface area contributed by atoms with Crippen LogP contribution in [-0.2, 0) is 13.0 Å². The first-order valence-electron chi connectivity index (χ1n) is 8.53. The fraction of sp³-hybridized carbons (Fsp3) is 0.824. The third kappa shape index (κ3) is 7.68. The molecule has 0 saturated heterocycles. The van der Waals surface area contributed by atoms with Gasteiger partial charge in [0.25, 0.3) is 0 Å². The minimum Gasteiger partial charge on any atom is -0.327 e. The largest absolute Gasteiger partial charge is 0.327 e. The van der Waals surface area contributed by atoms with Crippen molar-refractivity contribution in [2.45, 2.75) is 90.6 Å². The zero-order valence-corrected chi connectivity index (χ0v) is 13.5. The average molecular weight is 279 g/mol. The predicted octanol–water partition coefficient (Wildman–Crippen LogP) is 4.30. The Morgan fingerprint density at radius 3 is 2.35 bits per heavy atom. The molecule has 1 rings (SSSR count). The second-order valence-electron chi connectivity index (χ2n) is 5.96. The highest BCUT2D eigenvalue weighted by Gasteiger charge is 2.04. The Labute approximate surface area is 124 Å². The summed E-state index contributed by atoms with van der Waals surface area (Å²) in [5, 5.41) is 4.42. The number of nitrogens with two attached hydrogens (primary N) is 1. The third-order valence-electron chi connectivity index (χ3n) is 3.95. The van der Waals surface area contributed by atoms with Crippen molar-refractivity contribution in [3.8, 4) is 0 Å². The lowest BCUT2D eigenvalue weighted by Gasteiger charge is -2.05. The summed E-state index contributed by atoms with van der Waals surface area (Å²) < 4.78 is 2.08. The summed E-state index contributed by atoms with van der Waals surface area (Å²) in [5.41, 5.74) is 7.24. The van der Waals surface area contributed by atoms with E-state index in [2.05, 4.69) is 29.8 Å². The van der Waals surface area contributed by atoms with E-state index in [1.165, 1.54) is 56.9 Å². The third-order valence-corrected chi connectivity index (χ3v) is 3.95. The van der Waals surface area contributed by atoms with Gasteiger partial charge in [-0.05, 0) is 24.8 Å². The lowest BCUT2D eigenvalue weighted by atomic mass is 10.1. The molecule has 0 aliphatic carbocycles. The maximum absolute atomic E-state index is 5.97. The molecule has 3 heteroatoms. The quantitative estimate of drug-likeness (QED) is 0.580. The van der Waals surface area contributed by atoms with Gasteiger partial charge >= 0.3 is 0 Å². The van der Waals surface area contributed by atoms with Gasteiger partial charge in [0.1, 0.15) is 0 Å². The molecular formula is C17H33N3. The SMILES string of the molecule is CCCCCCCCCCn1cc(CC(N)CC)cn1. The molecule has 0 aliphatic rings. The summed E-state index contributed by atoms with van der Waals surface area (Å²) in [6.45, 7) is 5.46. The van der Waals surface area contributed by atoms with Gasteiger partial charge < -0.3 is 5.73 Å². The molecule has 116 valence electrons. The van der Waals surface area contributed by atoms with Crippen LogP contribution >= 0.6 is 0 Å². The molecule has 1 atom stereocenters. The molecule has 0 amide bonds. The molecule has 1 aromatic rings. The molecule has 20 heavy (non-hydrogen) atoms.